The molecule has 22 heavy (non-hydrogen) atoms. The number of amides is 1. The van der Waals surface area contributed by atoms with Gasteiger partial charge < -0.3 is 14.4 Å². The van der Waals surface area contributed by atoms with Crippen LogP contribution in [0.1, 0.15) is 46.4 Å². The fourth-order valence-electron chi connectivity index (χ4n) is 2.25. The van der Waals surface area contributed by atoms with Crippen LogP contribution in [-0.2, 0) is 23.1 Å². The smallest absolute Gasteiger partial charge is 0.410 e. The maximum atomic E-state index is 12.0. The lowest BCUT2D eigenvalue weighted by atomic mass is 9.93. The first kappa shape index (κ1) is 16.7. The summed E-state index contributed by atoms with van der Waals surface area (Å²) in [4.78, 5) is 15.2. The molecule has 0 atom stereocenters. The van der Waals surface area contributed by atoms with E-state index < -0.39 is 5.60 Å². The molecule has 1 aromatic heterocycles. The van der Waals surface area contributed by atoms with Crippen LogP contribution in [0.5, 0.6) is 0 Å². The third-order valence-corrected chi connectivity index (χ3v) is 3.57. The molecule has 124 valence electrons. The maximum absolute atomic E-state index is 12.0. The Labute approximate surface area is 130 Å². The van der Waals surface area contributed by atoms with Gasteiger partial charge in [0.2, 0.25) is 0 Å². The predicted octanol–water partition coefficient (Wildman–Crippen LogP) is 1.52. The Balaban J connectivity index is 1.81. The standard InChI is InChI=1S/C14H25N5O3/c1-13(2,3)22-12(20)19-8-6-14(4,7-9-19)21-10-11-15-17-18(5)16-11/h6-10H2,1-5H3. The molecule has 2 heterocycles. The first-order chi connectivity index (χ1) is 10.2. The zero-order valence-electron chi connectivity index (χ0n) is 14.0. The number of hydrogen-bond acceptors (Lipinski definition) is 6. The van der Waals surface area contributed by atoms with E-state index in [1.54, 1.807) is 11.9 Å². The second-order valence-corrected chi connectivity index (χ2v) is 6.90. The van der Waals surface area contributed by atoms with Crippen LogP contribution in [0.3, 0.4) is 0 Å². The van der Waals surface area contributed by atoms with E-state index in [-0.39, 0.29) is 11.7 Å². The Kier molecular flexibility index (Phi) is 4.69. The van der Waals surface area contributed by atoms with Gasteiger partial charge in [-0.1, -0.05) is 0 Å². The molecule has 8 nitrogen and oxygen atoms in total. The van der Waals surface area contributed by atoms with Crippen molar-refractivity contribution in [2.45, 2.75) is 58.3 Å². The zero-order valence-corrected chi connectivity index (χ0v) is 14.0. The Morgan fingerprint density at radius 2 is 1.95 bits per heavy atom. The van der Waals surface area contributed by atoms with Gasteiger partial charge in [-0.05, 0) is 45.7 Å². The second-order valence-electron chi connectivity index (χ2n) is 6.90. The van der Waals surface area contributed by atoms with Gasteiger partial charge in [0.15, 0.2) is 5.82 Å². The number of piperidine rings is 1. The number of rotatable bonds is 3. The maximum Gasteiger partial charge on any atom is 0.410 e. The van der Waals surface area contributed by atoms with Crippen LogP contribution in [0, 0.1) is 0 Å². The monoisotopic (exact) mass is 311 g/mol. The van der Waals surface area contributed by atoms with Crippen LogP contribution in [0.25, 0.3) is 0 Å². The molecule has 0 N–H and O–H groups in total. The SMILES string of the molecule is Cn1nnc(COC2(C)CCN(C(=O)OC(C)(C)C)CC2)n1. The van der Waals surface area contributed by atoms with Gasteiger partial charge in [0.25, 0.3) is 0 Å². The molecule has 0 radical (unpaired) electrons. The summed E-state index contributed by atoms with van der Waals surface area (Å²) in [5.74, 6) is 0.568. The second kappa shape index (κ2) is 6.20. The predicted molar refractivity (Wildman–Crippen MR) is 79.0 cm³/mol. The number of aryl methyl sites for hydroxylation is 1. The molecule has 0 aliphatic carbocycles. The van der Waals surface area contributed by atoms with Crippen LogP contribution >= 0.6 is 0 Å². The average molecular weight is 311 g/mol. The minimum atomic E-state index is -0.466. The van der Waals surface area contributed by atoms with Crippen LogP contribution in [0.4, 0.5) is 4.79 Å². The molecule has 1 saturated heterocycles. The molecule has 0 saturated carbocycles. The summed E-state index contributed by atoms with van der Waals surface area (Å²) < 4.78 is 11.3. The van der Waals surface area contributed by atoms with E-state index in [4.69, 9.17) is 9.47 Å². The van der Waals surface area contributed by atoms with Gasteiger partial charge in [0, 0.05) is 13.1 Å². The number of ether oxygens (including phenoxy) is 2. The Morgan fingerprint density at radius 3 is 2.45 bits per heavy atom. The molecule has 1 aliphatic heterocycles. The molecule has 1 aromatic rings. The van der Waals surface area contributed by atoms with Gasteiger partial charge in [-0.25, -0.2) is 4.79 Å². The highest BCUT2D eigenvalue weighted by Gasteiger charge is 2.34. The van der Waals surface area contributed by atoms with E-state index in [1.165, 1.54) is 4.80 Å². The minimum absolute atomic E-state index is 0.259. The van der Waals surface area contributed by atoms with Gasteiger partial charge in [0.1, 0.15) is 12.2 Å². The van der Waals surface area contributed by atoms with Crippen molar-refractivity contribution >= 4 is 6.09 Å². The number of nitrogens with zero attached hydrogens (tertiary/aromatic N) is 5. The molecule has 0 aromatic carbocycles. The summed E-state index contributed by atoms with van der Waals surface area (Å²) in [5, 5.41) is 11.8. The van der Waals surface area contributed by atoms with Crippen LogP contribution in [-0.4, -0.2) is 55.5 Å². The van der Waals surface area contributed by atoms with Crippen molar-refractivity contribution in [3.63, 3.8) is 0 Å². The van der Waals surface area contributed by atoms with Gasteiger partial charge in [0.05, 0.1) is 12.6 Å². The summed E-state index contributed by atoms with van der Waals surface area (Å²) in [7, 11) is 1.72. The van der Waals surface area contributed by atoms with E-state index in [0.717, 1.165) is 12.8 Å². The van der Waals surface area contributed by atoms with E-state index in [1.807, 2.05) is 20.8 Å². The van der Waals surface area contributed by atoms with E-state index in [2.05, 4.69) is 22.3 Å². The van der Waals surface area contributed by atoms with Crippen molar-refractivity contribution in [3.8, 4) is 0 Å². The molecule has 1 fully saturated rings. The largest absolute Gasteiger partial charge is 0.444 e. The fraction of sp³-hybridized carbons (Fsp3) is 0.857. The number of carbonyl (C=O) groups is 1. The number of carbonyl (C=O) groups excluding carboxylic acids is 1. The Bertz CT molecular complexity index is 515. The van der Waals surface area contributed by atoms with E-state index >= 15 is 0 Å². The first-order valence-electron chi connectivity index (χ1n) is 7.52. The fourth-order valence-corrected chi connectivity index (χ4v) is 2.25. The molecule has 0 bridgehead atoms. The summed E-state index contributed by atoms with van der Waals surface area (Å²) in [6.07, 6.45) is 1.25. The summed E-state index contributed by atoms with van der Waals surface area (Å²) in [5.41, 5.74) is -0.746. The third-order valence-electron chi connectivity index (χ3n) is 3.57. The lowest BCUT2D eigenvalue weighted by molar-refractivity contribution is -0.0831. The van der Waals surface area contributed by atoms with Crippen molar-refractivity contribution in [3.05, 3.63) is 5.82 Å². The summed E-state index contributed by atoms with van der Waals surface area (Å²) >= 11 is 0. The third kappa shape index (κ3) is 4.66. The Morgan fingerprint density at radius 1 is 1.32 bits per heavy atom. The first-order valence-corrected chi connectivity index (χ1v) is 7.52. The quantitative estimate of drug-likeness (QED) is 0.841. The van der Waals surface area contributed by atoms with Crippen molar-refractivity contribution in [2.75, 3.05) is 13.1 Å². The molecule has 8 heteroatoms. The number of tetrazole rings is 1. The van der Waals surface area contributed by atoms with Crippen molar-refractivity contribution in [2.24, 2.45) is 7.05 Å². The number of likely N-dealkylation sites (tertiary alicyclic amines) is 1. The van der Waals surface area contributed by atoms with Gasteiger partial charge >= 0.3 is 6.09 Å². The molecular formula is C14H25N5O3. The van der Waals surface area contributed by atoms with Gasteiger partial charge in [-0.15, -0.1) is 10.2 Å². The minimum Gasteiger partial charge on any atom is -0.444 e. The van der Waals surface area contributed by atoms with Crippen molar-refractivity contribution in [1.29, 1.82) is 0 Å². The van der Waals surface area contributed by atoms with E-state index in [9.17, 15) is 4.79 Å². The van der Waals surface area contributed by atoms with Crippen LogP contribution in [0.2, 0.25) is 0 Å². The van der Waals surface area contributed by atoms with Gasteiger partial charge in [-0.2, -0.15) is 4.80 Å². The van der Waals surface area contributed by atoms with Gasteiger partial charge in [-0.3, -0.25) is 0 Å². The highest BCUT2D eigenvalue weighted by atomic mass is 16.6. The molecule has 0 unspecified atom stereocenters. The molecule has 0 spiro atoms. The number of hydrogen-bond donors (Lipinski definition) is 0. The molecular weight excluding hydrogens is 286 g/mol. The molecule has 2 rings (SSSR count). The highest BCUT2D eigenvalue weighted by molar-refractivity contribution is 5.68. The lowest BCUT2D eigenvalue weighted by Crippen LogP contribution is -2.47. The summed E-state index contributed by atoms with van der Waals surface area (Å²) in [6, 6.07) is 0. The number of aromatic nitrogens is 4. The topological polar surface area (TPSA) is 82.4 Å². The normalized spacial score (nSPS) is 18.3. The van der Waals surface area contributed by atoms with Crippen LogP contribution < -0.4 is 0 Å². The van der Waals surface area contributed by atoms with E-state index in [0.29, 0.717) is 25.5 Å². The zero-order chi connectivity index (χ0) is 16.4. The average Bonchev–Trinajstić information content (AvgIpc) is 2.81. The molecule has 1 amide bonds. The van der Waals surface area contributed by atoms with Crippen LogP contribution in [0.15, 0.2) is 0 Å². The molecule has 1 aliphatic rings. The summed E-state index contributed by atoms with van der Waals surface area (Å²) in [6.45, 7) is 9.24. The highest BCUT2D eigenvalue weighted by Crippen LogP contribution is 2.27. The lowest BCUT2D eigenvalue weighted by Gasteiger charge is -2.39. The van der Waals surface area contributed by atoms with Crippen molar-refractivity contribution < 1.29 is 14.3 Å². The van der Waals surface area contributed by atoms with Crippen molar-refractivity contribution in [1.82, 2.24) is 25.1 Å². The Hall–Kier alpha value is -1.70.